The van der Waals surface area contributed by atoms with Crippen LogP contribution in [0.15, 0.2) is 28.4 Å². The van der Waals surface area contributed by atoms with Gasteiger partial charge >= 0.3 is 11.8 Å². The van der Waals surface area contributed by atoms with E-state index in [9.17, 15) is 9.59 Å². The molecule has 160 valence electrons. The standard InChI is InChI=1S/C22H28N4O3S/c1-22(2,3)29-21(28)26-10-8-14(9-11-26)16-13-30-19(23-16)15-6-7-17-18(12-15)25(5)20(27)24(17)4/h6-7,12-14H,8-11H2,1-5H3. The molecule has 0 spiro atoms. The highest BCUT2D eigenvalue weighted by Crippen LogP contribution is 2.33. The number of imidazole rings is 1. The fraction of sp³-hybridized carbons (Fsp3) is 0.500. The van der Waals surface area contributed by atoms with Crippen molar-refractivity contribution in [3.63, 3.8) is 0 Å². The Bertz CT molecular complexity index is 1140. The van der Waals surface area contributed by atoms with E-state index in [1.807, 2.05) is 39.0 Å². The predicted octanol–water partition coefficient (Wildman–Crippen LogP) is 4.12. The van der Waals surface area contributed by atoms with Gasteiger partial charge in [0.25, 0.3) is 0 Å². The van der Waals surface area contributed by atoms with Crippen molar-refractivity contribution in [2.75, 3.05) is 13.1 Å². The first-order valence-electron chi connectivity index (χ1n) is 10.2. The average Bonchev–Trinajstić information content (AvgIpc) is 3.27. The normalized spacial score (nSPS) is 15.7. The highest BCUT2D eigenvalue weighted by molar-refractivity contribution is 7.13. The lowest BCUT2D eigenvalue weighted by atomic mass is 9.94. The highest BCUT2D eigenvalue weighted by Gasteiger charge is 2.28. The second-order valence-electron chi connectivity index (χ2n) is 8.92. The maximum absolute atomic E-state index is 12.3. The van der Waals surface area contributed by atoms with Gasteiger partial charge in [0, 0.05) is 44.0 Å². The molecule has 0 N–H and O–H groups in total. The van der Waals surface area contributed by atoms with Crippen molar-refractivity contribution >= 4 is 28.5 Å². The van der Waals surface area contributed by atoms with Crippen LogP contribution < -0.4 is 5.69 Å². The lowest BCUT2D eigenvalue weighted by molar-refractivity contribution is 0.0204. The van der Waals surface area contributed by atoms with E-state index >= 15 is 0 Å². The van der Waals surface area contributed by atoms with E-state index in [2.05, 4.69) is 5.38 Å². The number of fused-ring (bicyclic) bond motifs is 1. The van der Waals surface area contributed by atoms with Crippen molar-refractivity contribution in [3.05, 3.63) is 39.8 Å². The Kier molecular flexibility index (Phi) is 5.22. The molecule has 1 aliphatic rings. The number of hydrogen-bond donors (Lipinski definition) is 0. The number of likely N-dealkylation sites (tertiary alicyclic amines) is 1. The van der Waals surface area contributed by atoms with E-state index in [-0.39, 0.29) is 11.8 Å². The minimum atomic E-state index is -0.471. The zero-order valence-electron chi connectivity index (χ0n) is 18.1. The van der Waals surface area contributed by atoms with Gasteiger partial charge in [0.1, 0.15) is 10.6 Å². The Labute approximate surface area is 179 Å². The molecular weight excluding hydrogens is 400 g/mol. The van der Waals surface area contributed by atoms with Crippen molar-refractivity contribution in [1.29, 1.82) is 0 Å². The zero-order valence-corrected chi connectivity index (χ0v) is 19.0. The first-order valence-corrected chi connectivity index (χ1v) is 11.1. The number of piperidine rings is 1. The van der Waals surface area contributed by atoms with Crippen molar-refractivity contribution in [3.8, 4) is 10.6 Å². The summed E-state index contributed by atoms with van der Waals surface area (Å²) in [5.41, 5.74) is 3.42. The number of carbonyl (C=O) groups excluding carboxylic acids is 1. The molecule has 0 atom stereocenters. The summed E-state index contributed by atoms with van der Waals surface area (Å²) < 4.78 is 8.81. The number of aryl methyl sites for hydroxylation is 2. The second kappa shape index (κ2) is 7.58. The molecule has 1 aliphatic heterocycles. The molecular formula is C22H28N4O3S. The summed E-state index contributed by atoms with van der Waals surface area (Å²) in [6.07, 6.45) is 1.53. The van der Waals surface area contributed by atoms with Crippen LogP contribution in [0.2, 0.25) is 0 Å². The van der Waals surface area contributed by atoms with Crippen LogP contribution >= 0.6 is 11.3 Å². The summed E-state index contributed by atoms with van der Waals surface area (Å²) in [7, 11) is 3.58. The minimum absolute atomic E-state index is 0.0290. The fourth-order valence-electron chi connectivity index (χ4n) is 3.93. The maximum atomic E-state index is 12.3. The maximum Gasteiger partial charge on any atom is 0.410 e. The molecule has 2 aromatic heterocycles. The van der Waals surface area contributed by atoms with Gasteiger partial charge in [0.15, 0.2) is 0 Å². The number of thiazole rings is 1. The van der Waals surface area contributed by atoms with E-state index in [4.69, 9.17) is 9.72 Å². The van der Waals surface area contributed by atoms with Gasteiger partial charge in [0.2, 0.25) is 0 Å². The van der Waals surface area contributed by atoms with Crippen molar-refractivity contribution in [1.82, 2.24) is 19.0 Å². The van der Waals surface area contributed by atoms with Gasteiger partial charge in [-0.15, -0.1) is 11.3 Å². The molecule has 0 bridgehead atoms. The summed E-state index contributed by atoms with van der Waals surface area (Å²) in [5.74, 6) is 0.346. The Morgan fingerprint density at radius 3 is 2.47 bits per heavy atom. The van der Waals surface area contributed by atoms with Crippen LogP contribution in [0.5, 0.6) is 0 Å². The highest BCUT2D eigenvalue weighted by atomic mass is 32.1. The summed E-state index contributed by atoms with van der Waals surface area (Å²) in [6, 6.07) is 6.03. The summed E-state index contributed by atoms with van der Waals surface area (Å²) in [6.45, 7) is 7.03. The van der Waals surface area contributed by atoms with E-state index in [0.717, 1.165) is 40.1 Å². The van der Waals surface area contributed by atoms with Crippen LogP contribution in [0.3, 0.4) is 0 Å². The number of amides is 1. The molecule has 1 saturated heterocycles. The van der Waals surface area contributed by atoms with E-state index in [0.29, 0.717) is 19.0 Å². The first kappa shape index (κ1) is 20.7. The van der Waals surface area contributed by atoms with Crippen molar-refractivity contribution in [2.45, 2.75) is 45.1 Å². The second-order valence-corrected chi connectivity index (χ2v) is 9.78. The molecule has 0 unspecified atom stereocenters. The summed E-state index contributed by atoms with van der Waals surface area (Å²) >= 11 is 1.63. The number of hydrogen-bond acceptors (Lipinski definition) is 5. The minimum Gasteiger partial charge on any atom is -0.444 e. The first-order chi connectivity index (χ1) is 14.1. The van der Waals surface area contributed by atoms with Gasteiger partial charge in [-0.1, -0.05) is 0 Å². The lowest BCUT2D eigenvalue weighted by Crippen LogP contribution is -2.41. The molecule has 0 aliphatic carbocycles. The molecule has 3 heterocycles. The van der Waals surface area contributed by atoms with Gasteiger partial charge in [-0.05, 0) is 51.8 Å². The molecule has 7 nitrogen and oxygen atoms in total. The van der Waals surface area contributed by atoms with Crippen LogP contribution in [0.25, 0.3) is 21.6 Å². The third-order valence-corrected chi connectivity index (χ3v) is 6.52. The number of rotatable bonds is 2. The fourth-order valence-corrected chi connectivity index (χ4v) is 4.83. The largest absolute Gasteiger partial charge is 0.444 e. The van der Waals surface area contributed by atoms with Crippen LogP contribution in [-0.2, 0) is 18.8 Å². The van der Waals surface area contributed by atoms with Gasteiger partial charge in [-0.2, -0.15) is 0 Å². The van der Waals surface area contributed by atoms with Gasteiger partial charge < -0.3 is 9.64 Å². The molecule has 0 radical (unpaired) electrons. The van der Waals surface area contributed by atoms with Crippen molar-refractivity contribution < 1.29 is 9.53 Å². The number of carbonyl (C=O) groups is 1. The topological polar surface area (TPSA) is 69.4 Å². The Morgan fingerprint density at radius 2 is 1.80 bits per heavy atom. The molecule has 4 rings (SSSR count). The predicted molar refractivity (Wildman–Crippen MR) is 119 cm³/mol. The Balaban J connectivity index is 1.48. The molecule has 0 saturated carbocycles. The Morgan fingerprint density at radius 1 is 1.13 bits per heavy atom. The third kappa shape index (κ3) is 3.88. The molecule has 8 heteroatoms. The molecule has 1 aromatic carbocycles. The van der Waals surface area contributed by atoms with Crippen molar-refractivity contribution in [2.24, 2.45) is 14.1 Å². The van der Waals surface area contributed by atoms with E-state index < -0.39 is 5.60 Å². The quantitative estimate of drug-likeness (QED) is 0.616. The monoisotopic (exact) mass is 428 g/mol. The number of nitrogens with zero attached hydrogens (tertiary/aromatic N) is 4. The number of ether oxygens (including phenoxy) is 1. The van der Waals surface area contributed by atoms with Gasteiger partial charge in [-0.25, -0.2) is 14.6 Å². The lowest BCUT2D eigenvalue weighted by Gasteiger charge is -2.32. The van der Waals surface area contributed by atoms with Crippen LogP contribution in [0.1, 0.15) is 45.2 Å². The number of benzene rings is 1. The molecule has 3 aromatic rings. The average molecular weight is 429 g/mol. The number of aromatic nitrogens is 3. The van der Waals surface area contributed by atoms with Crippen LogP contribution in [-0.4, -0.2) is 43.8 Å². The SMILES string of the molecule is Cn1c(=O)n(C)c2cc(-c3nc(C4CCN(C(=O)OC(C)(C)C)CC4)cs3)ccc21. The smallest absolute Gasteiger partial charge is 0.410 e. The van der Waals surface area contributed by atoms with E-state index in [1.165, 1.54) is 0 Å². The third-order valence-electron chi connectivity index (χ3n) is 5.61. The van der Waals surface area contributed by atoms with Gasteiger partial charge in [-0.3, -0.25) is 9.13 Å². The van der Waals surface area contributed by atoms with Crippen LogP contribution in [0, 0.1) is 0 Å². The molecule has 30 heavy (non-hydrogen) atoms. The summed E-state index contributed by atoms with van der Waals surface area (Å²) in [5, 5.41) is 3.08. The van der Waals surface area contributed by atoms with Gasteiger partial charge in [0.05, 0.1) is 16.7 Å². The Hall–Kier alpha value is -2.61. The molecule has 1 amide bonds. The molecule has 1 fully saturated rings. The van der Waals surface area contributed by atoms with E-state index in [1.54, 1.807) is 39.5 Å². The van der Waals surface area contributed by atoms with Crippen LogP contribution in [0.4, 0.5) is 4.79 Å². The summed E-state index contributed by atoms with van der Waals surface area (Å²) in [4.78, 5) is 31.1. The zero-order chi connectivity index (χ0) is 21.6.